The van der Waals surface area contributed by atoms with Crippen LogP contribution in [0.3, 0.4) is 0 Å². The summed E-state index contributed by atoms with van der Waals surface area (Å²) in [5, 5.41) is 0. The SMILES string of the molecule is COc1ccc(CCN(C)C(=O)CC(c2cccc(C(F)(F)F)c2)c2cnc3c(C)cccn23)cc1OC. The average molecular weight is 526 g/mol. The Bertz CT molecular complexity index is 1430. The second kappa shape index (κ2) is 11.2. The van der Waals surface area contributed by atoms with Crippen LogP contribution in [0, 0.1) is 6.92 Å². The van der Waals surface area contributed by atoms with Crippen molar-refractivity contribution in [1.29, 1.82) is 0 Å². The van der Waals surface area contributed by atoms with Gasteiger partial charge in [-0.05, 0) is 54.3 Å². The van der Waals surface area contributed by atoms with Crippen LogP contribution in [-0.2, 0) is 17.4 Å². The van der Waals surface area contributed by atoms with Crippen LogP contribution in [-0.4, -0.2) is 48.0 Å². The molecule has 0 N–H and O–H groups in total. The van der Waals surface area contributed by atoms with Gasteiger partial charge in [-0.3, -0.25) is 4.79 Å². The van der Waals surface area contributed by atoms with Crippen molar-refractivity contribution < 1.29 is 27.4 Å². The molecule has 0 saturated heterocycles. The predicted molar refractivity (Wildman–Crippen MR) is 139 cm³/mol. The van der Waals surface area contributed by atoms with Gasteiger partial charge in [0.25, 0.3) is 0 Å². The molecule has 0 saturated carbocycles. The van der Waals surface area contributed by atoms with Crippen molar-refractivity contribution in [3.8, 4) is 11.5 Å². The molecule has 2 aromatic carbocycles. The number of pyridine rings is 1. The molecule has 4 rings (SSSR count). The number of aromatic nitrogens is 2. The van der Waals surface area contributed by atoms with E-state index in [0.29, 0.717) is 41.4 Å². The topological polar surface area (TPSA) is 56.1 Å². The number of hydrogen-bond acceptors (Lipinski definition) is 4. The number of alkyl halides is 3. The zero-order chi connectivity index (χ0) is 27.4. The quantitative estimate of drug-likeness (QED) is 0.273. The first-order valence-electron chi connectivity index (χ1n) is 12.2. The Labute approximate surface area is 219 Å². The van der Waals surface area contributed by atoms with Crippen LogP contribution in [0.4, 0.5) is 13.2 Å². The number of benzene rings is 2. The van der Waals surface area contributed by atoms with Gasteiger partial charge in [-0.2, -0.15) is 13.2 Å². The van der Waals surface area contributed by atoms with Gasteiger partial charge in [0.2, 0.25) is 5.91 Å². The lowest BCUT2D eigenvalue weighted by atomic mass is 9.90. The van der Waals surface area contributed by atoms with Crippen LogP contribution in [0.5, 0.6) is 11.5 Å². The van der Waals surface area contributed by atoms with Crippen LogP contribution in [0.25, 0.3) is 5.65 Å². The molecule has 38 heavy (non-hydrogen) atoms. The van der Waals surface area contributed by atoms with Gasteiger partial charge in [-0.25, -0.2) is 4.98 Å². The van der Waals surface area contributed by atoms with E-state index in [1.165, 1.54) is 6.07 Å². The minimum atomic E-state index is -4.49. The van der Waals surface area contributed by atoms with E-state index in [-0.39, 0.29) is 12.3 Å². The first-order chi connectivity index (χ1) is 18.1. The van der Waals surface area contributed by atoms with Crippen LogP contribution < -0.4 is 9.47 Å². The number of carbonyl (C=O) groups is 1. The molecule has 6 nitrogen and oxygen atoms in total. The van der Waals surface area contributed by atoms with Gasteiger partial charge >= 0.3 is 6.18 Å². The standard InChI is InChI=1S/C29H30F3N3O3/c1-19-7-6-13-35-24(18-33-28(19)35)23(21-8-5-9-22(16-21)29(30,31)32)17-27(36)34(2)14-12-20-10-11-25(37-3)26(15-20)38-4/h5-11,13,15-16,18,23H,12,14,17H2,1-4H3. The molecule has 1 unspecified atom stereocenters. The van der Waals surface area contributed by atoms with E-state index in [1.807, 2.05) is 47.9 Å². The second-order valence-electron chi connectivity index (χ2n) is 9.20. The Hall–Kier alpha value is -4.01. The highest BCUT2D eigenvalue weighted by atomic mass is 19.4. The maximum absolute atomic E-state index is 13.5. The summed E-state index contributed by atoms with van der Waals surface area (Å²) in [4.78, 5) is 19.5. The summed E-state index contributed by atoms with van der Waals surface area (Å²) in [5.41, 5.74) is 2.91. The monoisotopic (exact) mass is 525 g/mol. The molecule has 0 bridgehead atoms. The Kier molecular flexibility index (Phi) is 7.94. The lowest BCUT2D eigenvalue weighted by molar-refractivity contribution is -0.137. The first kappa shape index (κ1) is 27.0. The molecule has 0 fully saturated rings. The minimum absolute atomic E-state index is 0.00845. The number of rotatable bonds is 9. The molecule has 1 atom stereocenters. The first-order valence-corrected chi connectivity index (χ1v) is 12.2. The molecule has 2 aromatic heterocycles. The molecule has 1 amide bonds. The number of aryl methyl sites for hydroxylation is 1. The summed E-state index contributed by atoms with van der Waals surface area (Å²) >= 11 is 0. The predicted octanol–water partition coefficient (Wildman–Crippen LogP) is 5.90. The summed E-state index contributed by atoms with van der Waals surface area (Å²) in [6, 6.07) is 14.5. The molecular formula is C29H30F3N3O3. The zero-order valence-electron chi connectivity index (χ0n) is 21.7. The highest BCUT2D eigenvalue weighted by Crippen LogP contribution is 2.35. The van der Waals surface area contributed by atoms with Gasteiger partial charge in [0.1, 0.15) is 5.65 Å². The maximum atomic E-state index is 13.5. The van der Waals surface area contributed by atoms with Crippen molar-refractivity contribution in [3.05, 3.63) is 94.9 Å². The largest absolute Gasteiger partial charge is 0.493 e. The summed E-state index contributed by atoms with van der Waals surface area (Å²) in [5.74, 6) is 0.417. The molecule has 9 heteroatoms. The van der Waals surface area contributed by atoms with E-state index in [2.05, 4.69) is 4.98 Å². The second-order valence-corrected chi connectivity index (χ2v) is 9.20. The molecule has 0 aliphatic carbocycles. The molecule has 2 heterocycles. The van der Waals surface area contributed by atoms with Crippen LogP contribution in [0.15, 0.2) is 67.0 Å². The van der Waals surface area contributed by atoms with E-state index in [4.69, 9.17) is 9.47 Å². The summed E-state index contributed by atoms with van der Waals surface area (Å²) in [6.07, 6.45) is -0.464. The Morgan fingerprint density at radius 1 is 1.05 bits per heavy atom. The fourth-order valence-corrected chi connectivity index (χ4v) is 4.54. The van der Waals surface area contributed by atoms with Crippen molar-refractivity contribution in [1.82, 2.24) is 14.3 Å². The zero-order valence-corrected chi connectivity index (χ0v) is 21.7. The van der Waals surface area contributed by atoms with Crippen LogP contribution >= 0.6 is 0 Å². The number of amides is 1. The number of methoxy groups -OCH3 is 2. The third-order valence-corrected chi connectivity index (χ3v) is 6.72. The van der Waals surface area contributed by atoms with E-state index < -0.39 is 17.7 Å². The number of likely N-dealkylation sites (N-methyl/N-ethyl adjacent to an activating group) is 1. The number of nitrogens with zero attached hydrogens (tertiary/aromatic N) is 3. The van der Waals surface area contributed by atoms with Crippen molar-refractivity contribution >= 4 is 11.6 Å². The summed E-state index contributed by atoms with van der Waals surface area (Å²) in [6.45, 7) is 2.34. The van der Waals surface area contributed by atoms with Gasteiger partial charge in [0.15, 0.2) is 11.5 Å². The fourth-order valence-electron chi connectivity index (χ4n) is 4.54. The van der Waals surface area contributed by atoms with Crippen LogP contribution in [0.2, 0.25) is 0 Å². The van der Waals surface area contributed by atoms with Gasteiger partial charge in [-0.15, -0.1) is 0 Å². The van der Waals surface area contributed by atoms with E-state index in [1.54, 1.807) is 38.4 Å². The maximum Gasteiger partial charge on any atom is 0.416 e. The van der Waals surface area contributed by atoms with Crippen molar-refractivity contribution in [2.24, 2.45) is 0 Å². The van der Waals surface area contributed by atoms with Gasteiger partial charge < -0.3 is 18.8 Å². The van der Waals surface area contributed by atoms with Crippen molar-refractivity contribution in [2.45, 2.75) is 31.9 Å². The van der Waals surface area contributed by atoms with Crippen molar-refractivity contribution in [2.75, 3.05) is 27.8 Å². The number of halogens is 3. The molecule has 0 radical (unpaired) electrons. The number of fused-ring (bicyclic) bond motifs is 1. The Morgan fingerprint density at radius 2 is 1.82 bits per heavy atom. The van der Waals surface area contributed by atoms with Gasteiger partial charge in [0.05, 0.1) is 25.5 Å². The molecule has 200 valence electrons. The van der Waals surface area contributed by atoms with Crippen molar-refractivity contribution in [3.63, 3.8) is 0 Å². The Morgan fingerprint density at radius 3 is 2.53 bits per heavy atom. The lowest BCUT2D eigenvalue weighted by Crippen LogP contribution is -2.30. The highest BCUT2D eigenvalue weighted by molar-refractivity contribution is 5.77. The average Bonchev–Trinajstić information content (AvgIpc) is 3.34. The Balaban J connectivity index is 1.60. The van der Waals surface area contributed by atoms with E-state index in [0.717, 1.165) is 23.3 Å². The molecule has 0 aliphatic rings. The van der Waals surface area contributed by atoms with Gasteiger partial charge in [-0.1, -0.05) is 30.3 Å². The highest BCUT2D eigenvalue weighted by Gasteiger charge is 2.32. The normalized spacial score (nSPS) is 12.4. The lowest BCUT2D eigenvalue weighted by Gasteiger charge is -2.23. The summed E-state index contributed by atoms with van der Waals surface area (Å²) in [7, 11) is 4.83. The number of imidazole rings is 1. The van der Waals surface area contributed by atoms with E-state index >= 15 is 0 Å². The molecule has 0 spiro atoms. The summed E-state index contributed by atoms with van der Waals surface area (Å²) < 4.78 is 53.1. The molecular weight excluding hydrogens is 495 g/mol. The third-order valence-electron chi connectivity index (χ3n) is 6.72. The molecule has 0 aliphatic heterocycles. The third kappa shape index (κ3) is 5.77. The van der Waals surface area contributed by atoms with Crippen LogP contribution in [0.1, 0.15) is 40.3 Å². The molecule has 4 aromatic rings. The smallest absolute Gasteiger partial charge is 0.416 e. The number of carbonyl (C=O) groups excluding carboxylic acids is 1. The fraction of sp³-hybridized carbons (Fsp3) is 0.310. The minimum Gasteiger partial charge on any atom is -0.493 e. The number of hydrogen-bond donors (Lipinski definition) is 0. The van der Waals surface area contributed by atoms with Gasteiger partial charge in [0, 0.05) is 38.3 Å². The van der Waals surface area contributed by atoms with E-state index in [9.17, 15) is 18.0 Å². The number of ether oxygens (including phenoxy) is 2.